The van der Waals surface area contributed by atoms with E-state index in [1.807, 2.05) is 44.2 Å². The van der Waals surface area contributed by atoms with Crippen molar-refractivity contribution in [2.75, 3.05) is 0 Å². The fraction of sp³-hybridized carbons (Fsp3) is 0.286. The second kappa shape index (κ2) is 4.95. The second-order valence-electron chi connectivity index (χ2n) is 3.79. The van der Waals surface area contributed by atoms with E-state index in [4.69, 9.17) is 4.42 Å². The number of oxazole rings is 1. The van der Waals surface area contributed by atoms with Crippen molar-refractivity contribution in [2.45, 2.75) is 26.7 Å². The van der Waals surface area contributed by atoms with Crippen molar-refractivity contribution < 1.29 is 9.21 Å². The van der Waals surface area contributed by atoms with E-state index in [-0.39, 0.29) is 5.78 Å². The fourth-order valence-corrected chi connectivity index (χ4v) is 1.67. The van der Waals surface area contributed by atoms with Crippen LogP contribution in [-0.2, 0) is 6.42 Å². The Morgan fingerprint density at radius 3 is 2.53 bits per heavy atom. The van der Waals surface area contributed by atoms with Gasteiger partial charge in [0.25, 0.3) is 0 Å². The summed E-state index contributed by atoms with van der Waals surface area (Å²) in [5.41, 5.74) is 1.65. The Balaban J connectivity index is 2.45. The number of carbonyl (C=O) groups is 1. The van der Waals surface area contributed by atoms with Crippen molar-refractivity contribution in [1.82, 2.24) is 4.98 Å². The molecule has 0 bridgehead atoms. The summed E-state index contributed by atoms with van der Waals surface area (Å²) >= 11 is 0. The Hall–Kier alpha value is -1.90. The van der Waals surface area contributed by atoms with Gasteiger partial charge in [-0.15, -0.1) is 0 Å². The lowest BCUT2D eigenvalue weighted by Crippen LogP contribution is -1.98. The first-order chi connectivity index (χ1) is 8.26. The molecule has 2 aromatic rings. The maximum Gasteiger partial charge on any atom is 0.227 e. The predicted molar refractivity (Wildman–Crippen MR) is 65.9 cm³/mol. The van der Waals surface area contributed by atoms with E-state index in [2.05, 4.69) is 4.98 Å². The minimum atomic E-state index is 0.0107. The molecule has 1 heterocycles. The molecule has 0 atom stereocenters. The largest absolute Gasteiger partial charge is 0.433 e. The Labute approximate surface area is 100 Å². The number of aromatic nitrogens is 1. The van der Waals surface area contributed by atoms with E-state index >= 15 is 0 Å². The van der Waals surface area contributed by atoms with E-state index in [1.54, 1.807) is 0 Å². The highest BCUT2D eigenvalue weighted by Gasteiger charge is 2.18. The van der Waals surface area contributed by atoms with Gasteiger partial charge in [0.1, 0.15) is 0 Å². The quantitative estimate of drug-likeness (QED) is 0.753. The summed E-state index contributed by atoms with van der Waals surface area (Å²) in [6.07, 6.45) is 1.15. The van der Waals surface area contributed by atoms with Gasteiger partial charge >= 0.3 is 0 Å². The fourth-order valence-electron chi connectivity index (χ4n) is 1.67. The Bertz CT molecular complexity index is 514. The van der Waals surface area contributed by atoms with Gasteiger partial charge in [0, 0.05) is 12.0 Å². The highest BCUT2D eigenvalue weighted by Crippen LogP contribution is 2.23. The number of carbonyl (C=O) groups excluding carboxylic acids is 1. The van der Waals surface area contributed by atoms with Crippen LogP contribution in [0.15, 0.2) is 34.7 Å². The molecule has 88 valence electrons. The lowest BCUT2D eigenvalue weighted by atomic mass is 10.2. The van der Waals surface area contributed by atoms with Crippen LogP contribution in [0.2, 0.25) is 0 Å². The number of Topliss-reactive ketones (excluding diaryl/α,β-unsaturated/α-hetero) is 1. The number of benzene rings is 1. The van der Waals surface area contributed by atoms with E-state index in [0.29, 0.717) is 24.5 Å². The van der Waals surface area contributed by atoms with E-state index < -0.39 is 0 Å². The van der Waals surface area contributed by atoms with Crippen LogP contribution in [0.25, 0.3) is 11.5 Å². The first kappa shape index (κ1) is 11.6. The molecule has 0 radical (unpaired) electrons. The summed E-state index contributed by atoms with van der Waals surface area (Å²) in [6, 6.07) is 9.63. The average Bonchev–Trinajstić information content (AvgIpc) is 2.83. The number of hydrogen-bond acceptors (Lipinski definition) is 3. The molecular formula is C14H15NO2. The molecule has 17 heavy (non-hydrogen) atoms. The van der Waals surface area contributed by atoms with Crippen molar-refractivity contribution in [2.24, 2.45) is 0 Å². The summed E-state index contributed by atoms with van der Waals surface area (Å²) in [7, 11) is 0. The Kier molecular flexibility index (Phi) is 3.38. The van der Waals surface area contributed by atoms with E-state index in [9.17, 15) is 4.79 Å². The minimum Gasteiger partial charge on any atom is -0.433 e. The molecule has 1 aromatic heterocycles. The SMILES string of the molecule is CCC(=O)c1oc(-c2ccccc2)nc1CC. The molecule has 0 unspecified atom stereocenters. The van der Waals surface area contributed by atoms with Gasteiger partial charge in [0.15, 0.2) is 11.5 Å². The number of rotatable bonds is 4. The normalized spacial score (nSPS) is 10.5. The van der Waals surface area contributed by atoms with Crippen LogP contribution in [0, 0.1) is 0 Å². The summed E-state index contributed by atoms with van der Waals surface area (Å²) < 4.78 is 5.58. The standard InChI is InChI=1S/C14H15NO2/c1-3-11-13(12(16)4-2)17-14(15-11)10-8-6-5-7-9-10/h5-9H,3-4H2,1-2H3. The summed E-state index contributed by atoms with van der Waals surface area (Å²) in [5, 5.41) is 0. The third kappa shape index (κ3) is 2.28. The zero-order valence-electron chi connectivity index (χ0n) is 10.1. The van der Waals surface area contributed by atoms with E-state index in [1.165, 1.54) is 0 Å². The van der Waals surface area contributed by atoms with Crippen molar-refractivity contribution >= 4 is 5.78 Å². The van der Waals surface area contributed by atoms with Gasteiger partial charge in [-0.05, 0) is 18.6 Å². The lowest BCUT2D eigenvalue weighted by Gasteiger charge is -1.94. The first-order valence-electron chi connectivity index (χ1n) is 5.84. The molecule has 0 amide bonds. The van der Waals surface area contributed by atoms with Gasteiger partial charge in [0.05, 0.1) is 5.69 Å². The molecule has 3 heteroatoms. The number of aryl methyl sites for hydroxylation is 1. The molecule has 1 aromatic carbocycles. The number of nitrogens with zero attached hydrogens (tertiary/aromatic N) is 1. The Morgan fingerprint density at radius 2 is 1.94 bits per heavy atom. The highest BCUT2D eigenvalue weighted by atomic mass is 16.4. The van der Waals surface area contributed by atoms with Gasteiger partial charge in [0.2, 0.25) is 5.89 Å². The zero-order valence-corrected chi connectivity index (χ0v) is 10.1. The zero-order chi connectivity index (χ0) is 12.3. The van der Waals surface area contributed by atoms with Crippen LogP contribution in [0.3, 0.4) is 0 Å². The first-order valence-corrected chi connectivity index (χ1v) is 5.84. The van der Waals surface area contributed by atoms with Crippen molar-refractivity contribution in [3.8, 4) is 11.5 Å². The predicted octanol–water partition coefficient (Wildman–Crippen LogP) is 3.50. The molecule has 0 fully saturated rings. The third-order valence-electron chi connectivity index (χ3n) is 2.63. The monoisotopic (exact) mass is 229 g/mol. The topological polar surface area (TPSA) is 43.1 Å². The van der Waals surface area contributed by atoms with Gasteiger partial charge < -0.3 is 4.42 Å². The molecule has 0 saturated heterocycles. The van der Waals surface area contributed by atoms with E-state index in [0.717, 1.165) is 11.3 Å². The molecular weight excluding hydrogens is 214 g/mol. The van der Waals surface area contributed by atoms with Crippen molar-refractivity contribution in [1.29, 1.82) is 0 Å². The molecule has 2 rings (SSSR count). The van der Waals surface area contributed by atoms with Crippen LogP contribution >= 0.6 is 0 Å². The molecule has 0 aliphatic carbocycles. The van der Waals surface area contributed by atoms with Gasteiger partial charge in [-0.1, -0.05) is 32.0 Å². The van der Waals surface area contributed by atoms with Gasteiger partial charge in [-0.25, -0.2) is 4.98 Å². The molecule has 0 aliphatic rings. The van der Waals surface area contributed by atoms with Crippen LogP contribution in [0.4, 0.5) is 0 Å². The average molecular weight is 229 g/mol. The molecule has 3 nitrogen and oxygen atoms in total. The minimum absolute atomic E-state index is 0.0107. The van der Waals surface area contributed by atoms with Crippen LogP contribution in [0.5, 0.6) is 0 Å². The third-order valence-corrected chi connectivity index (χ3v) is 2.63. The van der Waals surface area contributed by atoms with Gasteiger partial charge in [-0.2, -0.15) is 0 Å². The Morgan fingerprint density at radius 1 is 1.24 bits per heavy atom. The molecule has 0 saturated carbocycles. The number of ketones is 1. The van der Waals surface area contributed by atoms with Crippen LogP contribution in [-0.4, -0.2) is 10.8 Å². The van der Waals surface area contributed by atoms with Crippen LogP contribution in [0.1, 0.15) is 36.5 Å². The lowest BCUT2D eigenvalue weighted by molar-refractivity contribution is 0.0961. The summed E-state index contributed by atoms with van der Waals surface area (Å²) in [4.78, 5) is 16.1. The molecule has 0 aliphatic heterocycles. The molecule has 0 spiro atoms. The number of hydrogen-bond donors (Lipinski definition) is 0. The van der Waals surface area contributed by atoms with Crippen molar-refractivity contribution in [3.05, 3.63) is 41.8 Å². The van der Waals surface area contributed by atoms with Gasteiger partial charge in [-0.3, -0.25) is 4.79 Å². The molecule has 0 N–H and O–H groups in total. The maximum atomic E-state index is 11.7. The summed E-state index contributed by atoms with van der Waals surface area (Å²) in [5.74, 6) is 0.949. The smallest absolute Gasteiger partial charge is 0.227 e. The van der Waals surface area contributed by atoms with Crippen LogP contribution < -0.4 is 0 Å². The summed E-state index contributed by atoms with van der Waals surface area (Å²) in [6.45, 7) is 3.80. The maximum absolute atomic E-state index is 11.7. The van der Waals surface area contributed by atoms with Crippen molar-refractivity contribution in [3.63, 3.8) is 0 Å². The highest BCUT2D eigenvalue weighted by molar-refractivity contribution is 5.94. The second-order valence-corrected chi connectivity index (χ2v) is 3.79.